The second-order valence-corrected chi connectivity index (χ2v) is 7.41. The summed E-state index contributed by atoms with van der Waals surface area (Å²) >= 11 is 1.34. The molecule has 27 heavy (non-hydrogen) atoms. The normalized spacial score (nSPS) is 13.6. The SMILES string of the molecule is CN(C(=O)CSc1nnc(-c2ccccc2F)n1C1CC1)c1ccccc1. The summed E-state index contributed by atoms with van der Waals surface area (Å²) < 4.78 is 16.2. The van der Waals surface area contributed by atoms with Crippen LogP contribution in [0.2, 0.25) is 0 Å². The Kier molecular flexibility index (Phi) is 4.94. The Bertz CT molecular complexity index is 956. The molecule has 4 rings (SSSR count). The molecule has 0 saturated heterocycles. The predicted octanol–water partition coefficient (Wildman–Crippen LogP) is 4.17. The summed E-state index contributed by atoms with van der Waals surface area (Å²) in [6, 6.07) is 16.4. The van der Waals surface area contributed by atoms with Crippen molar-refractivity contribution in [3.8, 4) is 11.4 Å². The zero-order chi connectivity index (χ0) is 18.8. The van der Waals surface area contributed by atoms with Gasteiger partial charge in [0.1, 0.15) is 5.82 Å². The van der Waals surface area contributed by atoms with E-state index in [1.165, 1.54) is 17.8 Å². The lowest BCUT2D eigenvalue weighted by Gasteiger charge is -2.17. The van der Waals surface area contributed by atoms with Gasteiger partial charge >= 0.3 is 0 Å². The number of carbonyl (C=O) groups is 1. The molecule has 138 valence electrons. The highest BCUT2D eigenvalue weighted by atomic mass is 32.2. The van der Waals surface area contributed by atoms with Gasteiger partial charge < -0.3 is 4.90 Å². The maximum Gasteiger partial charge on any atom is 0.237 e. The first-order valence-electron chi connectivity index (χ1n) is 8.79. The lowest BCUT2D eigenvalue weighted by Crippen LogP contribution is -2.27. The lowest BCUT2D eigenvalue weighted by molar-refractivity contribution is -0.115. The quantitative estimate of drug-likeness (QED) is 0.600. The van der Waals surface area contributed by atoms with Crippen molar-refractivity contribution in [2.75, 3.05) is 17.7 Å². The van der Waals surface area contributed by atoms with E-state index in [0.29, 0.717) is 16.5 Å². The summed E-state index contributed by atoms with van der Waals surface area (Å²) in [7, 11) is 1.76. The molecule has 1 heterocycles. The number of thioether (sulfide) groups is 1. The van der Waals surface area contributed by atoms with Gasteiger partial charge in [0.15, 0.2) is 11.0 Å². The summed E-state index contributed by atoms with van der Waals surface area (Å²) in [5, 5.41) is 9.11. The number of anilines is 1. The van der Waals surface area contributed by atoms with Crippen LogP contribution in [0.25, 0.3) is 11.4 Å². The molecule has 0 aliphatic heterocycles. The molecule has 0 atom stereocenters. The van der Waals surface area contributed by atoms with Crippen molar-refractivity contribution in [2.45, 2.75) is 24.0 Å². The minimum absolute atomic E-state index is 0.0241. The van der Waals surface area contributed by atoms with Gasteiger partial charge in [0, 0.05) is 18.8 Å². The Labute approximate surface area is 161 Å². The summed E-state index contributed by atoms with van der Waals surface area (Å²) in [6.45, 7) is 0. The van der Waals surface area contributed by atoms with Gasteiger partial charge in [-0.15, -0.1) is 10.2 Å². The van der Waals surface area contributed by atoms with E-state index in [9.17, 15) is 9.18 Å². The van der Waals surface area contributed by atoms with Crippen LogP contribution in [-0.2, 0) is 4.79 Å². The Morgan fingerprint density at radius 2 is 1.85 bits per heavy atom. The van der Waals surface area contributed by atoms with Crippen LogP contribution in [-0.4, -0.2) is 33.5 Å². The summed E-state index contributed by atoms with van der Waals surface area (Å²) in [5.41, 5.74) is 1.29. The Hall–Kier alpha value is -2.67. The number of halogens is 1. The average molecular weight is 382 g/mol. The average Bonchev–Trinajstić information content (AvgIpc) is 3.46. The van der Waals surface area contributed by atoms with E-state index < -0.39 is 0 Å². The molecule has 0 bridgehead atoms. The van der Waals surface area contributed by atoms with Gasteiger partial charge in [-0.25, -0.2) is 4.39 Å². The third-order valence-electron chi connectivity index (χ3n) is 4.53. The molecule has 1 fully saturated rings. The summed E-state index contributed by atoms with van der Waals surface area (Å²) in [4.78, 5) is 14.2. The van der Waals surface area contributed by atoms with Crippen molar-refractivity contribution in [3.63, 3.8) is 0 Å². The van der Waals surface area contributed by atoms with E-state index in [0.717, 1.165) is 18.5 Å². The van der Waals surface area contributed by atoms with Crippen LogP contribution in [0.4, 0.5) is 10.1 Å². The molecule has 0 spiro atoms. The van der Waals surface area contributed by atoms with Crippen LogP contribution in [0.1, 0.15) is 18.9 Å². The fourth-order valence-corrected chi connectivity index (χ4v) is 3.80. The van der Waals surface area contributed by atoms with Crippen LogP contribution < -0.4 is 4.90 Å². The lowest BCUT2D eigenvalue weighted by atomic mass is 10.2. The van der Waals surface area contributed by atoms with Crippen LogP contribution >= 0.6 is 11.8 Å². The van der Waals surface area contributed by atoms with Crippen molar-refractivity contribution >= 4 is 23.4 Å². The van der Waals surface area contributed by atoms with E-state index in [4.69, 9.17) is 0 Å². The van der Waals surface area contributed by atoms with Crippen LogP contribution in [0.3, 0.4) is 0 Å². The first kappa shape index (κ1) is 17.7. The molecule has 3 aromatic rings. The van der Waals surface area contributed by atoms with Gasteiger partial charge in [0.05, 0.1) is 11.3 Å². The maximum atomic E-state index is 14.2. The highest BCUT2D eigenvalue weighted by molar-refractivity contribution is 7.99. The minimum Gasteiger partial charge on any atom is -0.315 e. The molecule has 1 aliphatic rings. The van der Waals surface area contributed by atoms with Crippen molar-refractivity contribution in [1.29, 1.82) is 0 Å². The molecule has 1 saturated carbocycles. The van der Waals surface area contributed by atoms with E-state index >= 15 is 0 Å². The second-order valence-electron chi connectivity index (χ2n) is 6.46. The third-order valence-corrected chi connectivity index (χ3v) is 5.46. The van der Waals surface area contributed by atoms with Gasteiger partial charge in [-0.3, -0.25) is 9.36 Å². The zero-order valence-electron chi connectivity index (χ0n) is 14.9. The standard InChI is InChI=1S/C20H19FN4OS/c1-24(14-7-3-2-4-8-14)18(26)13-27-20-23-22-19(25(20)15-11-12-15)16-9-5-6-10-17(16)21/h2-10,15H,11-13H2,1H3. The Balaban J connectivity index is 1.53. The number of nitrogens with zero attached hydrogens (tertiary/aromatic N) is 4. The molecule has 7 heteroatoms. The highest BCUT2D eigenvalue weighted by Gasteiger charge is 2.31. The molecular weight excluding hydrogens is 363 g/mol. The number of aromatic nitrogens is 3. The van der Waals surface area contributed by atoms with Crippen molar-refractivity contribution < 1.29 is 9.18 Å². The Morgan fingerprint density at radius 1 is 1.15 bits per heavy atom. The van der Waals surface area contributed by atoms with Gasteiger partial charge in [-0.05, 0) is 37.1 Å². The number of para-hydroxylation sites is 1. The number of rotatable bonds is 6. The van der Waals surface area contributed by atoms with Gasteiger partial charge in [-0.1, -0.05) is 42.1 Å². The van der Waals surface area contributed by atoms with Gasteiger partial charge in [0.25, 0.3) is 0 Å². The smallest absolute Gasteiger partial charge is 0.237 e. The van der Waals surface area contributed by atoms with E-state index in [2.05, 4.69) is 10.2 Å². The Morgan fingerprint density at radius 3 is 2.56 bits per heavy atom. The zero-order valence-corrected chi connectivity index (χ0v) is 15.7. The monoisotopic (exact) mass is 382 g/mol. The van der Waals surface area contributed by atoms with Gasteiger partial charge in [0.2, 0.25) is 5.91 Å². The molecular formula is C20H19FN4OS. The van der Waals surface area contributed by atoms with Gasteiger partial charge in [-0.2, -0.15) is 0 Å². The van der Waals surface area contributed by atoms with Crippen molar-refractivity contribution in [3.05, 3.63) is 60.4 Å². The molecule has 5 nitrogen and oxygen atoms in total. The van der Waals surface area contributed by atoms with Crippen molar-refractivity contribution in [1.82, 2.24) is 14.8 Å². The van der Waals surface area contributed by atoms with E-state index in [1.807, 2.05) is 34.9 Å². The largest absolute Gasteiger partial charge is 0.315 e. The number of hydrogen-bond acceptors (Lipinski definition) is 4. The number of hydrogen-bond donors (Lipinski definition) is 0. The van der Waals surface area contributed by atoms with E-state index in [1.54, 1.807) is 30.1 Å². The number of amides is 1. The molecule has 1 amide bonds. The second kappa shape index (κ2) is 7.52. The van der Waals surface area contributed by atoms with Crippen molar-refractivity contribution in [2.24, 2.45) is 0 Å². The van der Waals surface area contributed by atoms with Crippen LogP contribution in [0, 0.1) is 5.82 Å². The number of carbonyl (C=O) groups excluding carboxylic acids is 1. The van der Waals surface area contributed by atoms with E-state index in [-0.39, 0.29) is 23.5 Å². The fourth-order valence-electron chi connectivity index (χ4n) is 2.88. The van der Waals surface area contributed by atoms with Crippen LogP contribution in [0.5, 0.6) is 0 Å². The maximum absolute atomic E-state index is 14.2. The molecule has 0 radical (unpaired) electrons. The fraction of sp³-hybridized carbons (Fsp3) is 0.250. The number of benzene rings is 2. The molecule has 0 unspecified atom stereocenters. The molecule has 2 aromatic carbocycles. The molecule has 1 aromatic heterocycles. The summed E-state index contributed by atoms with van der Waals surface area (Å²) in [6.07, 6.45) is 2.04. The topological polar surface area (TPSA) is 51.0 Å². The summed E-state index contributed by atoms with van der Waals surface area (Å²) in [5.74, 6) is 0.433. The minimum atomic E-state index is -0.316. The van der Waals surface area contributed by atoms with Crippen LogP contribution in [0.15, 0.2) is 59.8 Å². The highest BCUT2D eigenvalue weighted by Crippen LogP contribution is 2.41. The third kappa shape index (κ3) is 3.73. The predicted molar refractivity (Wildman–Crippen MR) is 104 cm³/mol. The molecule has 1 aliphatic carbocycles. The first-order valence-corrected chi connectivity index (χ1v) is 9.78. The first-order chi connectivity index (χ1) is 13.1. The molecule has 0 N–H and O–H groups in total.